The lowest BCUT2D eigenvalue weighted by molar-refractivity contribution is 0.103. The Bertz CT molecular complexity index is 422. The Morgan fingerprint density at radius 2 is 1.79 bits per heavy atom. The summed E-state index contributed by atoms with van der Waals surface area (Å²) in [4.78, 5) is 14.3. The van der Waals surface area contributed by atoms with E-state index < -0.39 is 0 Å². The zero-order valence-electron chi connectivity index (χ0n) is 11.5. The molecule has 0 amide bonds. The van der Waals surface area contributed by atoms with Crippen molar-refractivity contribution >= 4 is 11.6 Å². The maximum atomic E-state index is 5.84. The number of aromatic nitrogens is 3. The monoisotopic (exact) mass is 286 g/mol. The number of rotatable bonds is 4. The van der Waals surface area contributed by atoms with Gasteiger partial charge in [0.15, 0.2) is 0 Å². The maximum Gasteiger partial charge on any atom is 0.324 e. The molecule has 6 nitrogen and oxygen atoms in total. The van der Waals surface area contributed by atoms with Crippen molar-refractivity contribution in [3.8, 4) is 12.0 Å². The first-order valence-corrected chi connectivity index (χ1v) is 6.84. The van der Waals surface area contributed by atoms with Crippen molar-refractivity contribution in [1.82, 2.24) is 19.9 Å². The summed E-state index contributed by atoms with van der Waals surface area (Å²) in [5.41, 5.74) is 0. The van der Waals surface area contributed by atoms with Gasteiger partial charge in [-0.15, -0.1) is 4.98 Å². The molecule has 1 aromatic heterocycles. The van der Waals surface area contributed by atoms with Crippen molar-refractivity contribution in [1.29, 1.82) is 0 Å². The molecule has 1 saturated heterocycles. The highest BCUT2D eigenvalue weighted by molar-refractivity contribution is 6.28. The van der Waals surface area contributed by atoms with Gasteiger partial charge in [0.2, 0.25) is 5.28 Å². The van der Waals surface area contributed by atoms with Gasteiger partial charge < -0.3 is 14.4 Å². The van der Waals surface area contributed by atoms with Gasteiger partial charge in [-0.25, -0.2) is 0 Å². The molecule has 0 aromatic carbocycles. The van der Waals surface area contributed by atoms with E-state index in [2.05, 4.69) is 26.9 Å². The Morgan fingerprint density at radius 1 is 1.16 bits per heavy atom. The minimum Gasteiger partial charge on any atom is -0.461 e. The smallest absolute Gasteiger partial charge is 0.324 e. The quantitative estimate of drug-likeness (QED) is 0.841. The van der Waals surface area contributed by atoms with Crippen LogP contribution in [-0.2, 0) is 0 Å². The first-order chi connectivity index (χ1) is 9.02. The summed E-state index contributed by atoms with van der Waals surface area (Å²) in [7, 11) is 2.10. The summed E-state index contributed by atoms with van der Waals surface area (Å²) in [6.07, 6.45) is 2.02. The van der Waals surface area contributed by atoms with Gasteiger partial charge in [0, 0.05) is 13.1 Å². The predicted octanol–water partition coefficient (Wildman–Crippen LogP) is 1.79. The summed E-state index contributed by atoms with van der Waals surface area (Å²) in [5.74, 6) is 0. The van der Waals surface area contributed by atoms with E-state index in [1.54, 1.807) is 0 Å². The second-order valence-corrected chi connectivity index (χ2v) is 5.29. The highest BCUT2D eigenvalue weighted by Crippen LogP contribution is 2.18. The van der Waals surface area contributed by atoms with Gasteiger partial charge >= 0.3 is 12.0 Å². The van der Waals surface area contributed by atoms with Crippen LogP contribution in [0, 0.1) is 0 Å². The van der Waals surface area contributed by atoms with E-state index in [1.165, 1.54) is 0 Å². The molecule has 0 radical (unpaired) electrons. The van der Waals surface area contributed by atoms with Crippen LogP contribution in [0.3, 0.4) is 0 Å². The van der Waals surface area contributed by atoms with E-state index in [0.29, 0.717) is 0 Å². The number of halogens is 1. The van der Waals surface area contributed by atoms with E-state index in [4.69, 9.17) is 21.1 Å². The van der Waals surface area contributed by atoms with Crippen LogP contribution in [0.5, 0.6) is 12.0 Å². The molecule has 1 aliphatic rings. The summed E-state index contributed by atoms with van der Waals surface area (Å²) in [6, 6.07) is 0.447. The van der Waals surface area contributed by atoms with Crippen LogP contribution in [0.2, 0.25) is 5.28 Å². The lowest BCUT2D eigenvalue weighted by atomic mass is 10.1. The molecule has 0 spiro atoms. The van der Waals surface area contributed by atoms with Gasteiger partial charge in [0.1, 0.15) is 6.10 Å². The lowest BCUT2D eigenvalue weighted by Crippen LogP contribution is -2.36. The predicted molar refractivity (Wildman–Crippen MR) is 71.7 cm³/mol. The lowest BCUT2D eigenvalue weighted by Gasteiger charge is -2.28. The van der Waals surface area contributed by atoms with Crippen LogP contribution >= 0.6 is 11.6 Å². The molecule has 0 N–H and O–H groups in total. The Morgan fingerprint density at radius 3 is 2.42 bits per heavy atom. The summed E-state index contributed by atoms with van der Waals surface area (Å²) >= 11 is 5.84. The minimum atomic E-state index is -0.0188. The van der Waals surface area contributed by atoms with Gasteiger partial charge in [-0.3, -0.25) is 0 Å². The molecule has 7 heteroatoms. The topological polar surface area (TPSA) is 60.4 Å². The highest BCUT2D eigenvalue weighted by Gasteiger charge is 2.20. The molecule has 19 heavy (non-hydrogen) atoms. The average molecular weight is 287 g/mol. The molecule has 1 fully saturated rings. The molecular formula is C12H19ClN4O2. The fraction of sp³-hybridized carbons (Fsp3) is 0.750. The van der Waals surface area contributed by atoms with E-state index in [0.717, 1.165) is 25.9 Å². The molecule has 0 unspecified atom stereocenters. The zero-order chi connectivity index (χ0) is 13.8. The zero-order valence-corrected chi connectivity index (χ0v) is 12.2. The molecule has 2 rings (SSSR count). The van der Waals surface area contributed by atoms with Crippen LogP contribution in [0.4, 0.5) is 0 Å². The first-order valence-electron chi connectivity index (χ1n) is 6.46. The van der Waals surface area contributed by atoms with Crippen LogP contribution in [0.25, 0.3) is 0 Å². The van der Waals surface area contributed by atoms with Crippen molar-refractivity contribution in [2.24, 2.45) is 0 Å². The molecule has 2 heterocycles. The number of piperidine rings is 1. The molecule has 0 bridgehead atoms. The van der Waals surface area contributed by atoms with Crippen LogP contribution in [0.1, 0.15) is 26.7 Å². The standard InChI is InChI=1S/C12H19ClN4O2/c1-8(2)18-11-14-10(13)15-12(16-11)19-9-4-6-17(3)7-5-9/h8-9H,4-7H2,1-3H3. The summed E-state index contributed by atoms with van der Waals surface area (Å²) < 4.78 is 11.2. The third kappa shape index (κ3) is 4.47. The second kappa shape index (κ2) is 6.34. The van der Waals surface area contributed by atoms with Crippen molar-refractivity contribution in [3.05, 3.63) is 5.28 Å². The van der Waals surface area contributed by atoms with Crippen LogP contribution in [-0.4, -0.2) is 52.2 Å². The van der Waals surface area contributed by atoms with E-state index in [-0.39, 0.29) is 29.5 Å². The van der Waals surface area contributed by atoms with Crippen molar-refractivity contribution in [2.75, 3.05) is 20.1 Å². The number of nitrogens with zero attached hydrogens (tertiary/aromatic N) is 4. The van der Waals surface area contributed by atoms with E-state index in [1.807, 2.05) is 13.8 Å². The molecule has 0 aliphatic carbocycles. The van der Waals surface area contributed by atoms with Gasteiger partial charge in [-0.05, 0) is 45.3 Å². The van der Waals surface area contributed by atoms with Crippen molar-refractivity contribution in [3.63, 3.8) is 0 Å². The van der Waals surface area contributed by atoms with E-state index in [9.17, 15) is 0 Å². The third-order valence-electron chi connectivity index (χ3n) is 2.85. The number of ether oxygens (including phenoxy) is 2. The molecule has 0 saturated carbocycles. The average Bonchev–Trinajstić information content (AvgIpc) is 2.30. The number of hydrogen-bond acceptors (Lipinski definition) is 6. The minimum absolute atomic E-state index is 0.0188. The largest absolute Gasteiger partial charge is 0.461 e. The SMILES string of the molecule is CC(C)Oc1nc(Cl)nc(OC2CCN(C)CC2)n1. The Labute approximate surface area is 118 Å². The molecule has 1 aliphatic heterocycles. The summed E-state index contributed by atoms with van der Waals surface area (Å²) in [5, 5.41) is 0.0913. The molecule has 106 valence electrons. The number of likely N-dealkylation sites (tertiary alicyclic amines) is 1. The number of hydrogen-bond donors (Lipinski definition) is 0. The van der Waals surface area contributed by atoms with Gasteiger partial charge in [-0.1, -0.05) is 0 Å². The van der Waals surface area contributed by atoms with Gasteiger partial charge in [0.25, 0.3) is 0 Å². The Hall–Kier alpha value is -1.14. The molecular weight excluding hydrogens is 268 g/mol. The fourth-order valence-corrected chi connectivity index (χ4v) is 2.03. The van der Waals surface area contributed by atoms with Crippen molar-refractivity contribution in [2.45, 2.75) is 38.9 Å². The molecule has 1 aromatic rings. The van der Waals surface area contributed by atoms with Crippen molar-refractivity contribution < 1.29 is 9.47 Å². The highest BCUT2D eigenvalue weighted by atomic mass is 35.5. The first kappa shape index (κ1) is 14.3. The van der Waals surface area contributed by atoms with Crippen LogP contribution in [0.15, 0.2) is 0 Å². The normalized spacial score (nSPS) is 17.7. The Balaban J connectivity index is 2.01. The maximum absolute atomic E-state index is 5.84. The fourth-order valence-electron chi connectivity index (χ4n) is 1.88. The molecule has 0 atom stereocenters. The summed E-state index contributed by atoms with van der Waals surface area (Å²) in [6.45, 7) is 5.82. The Kier molecular flexibility index (Phi) is 4.76. The van der Waals surface area contributed by atoms with E-state index >= 15 is 0 Å². The van der Waals surface area contributed by atoms with Gasteiger partial charge in [0.05, 0.1) is 6.10 Å². The third-order valence-corrected chi connectivity index (χ3v) is 3.01. The van der Waals surface area contributed by atoms with Gasteiger partial charge in [-0.2, -0.15) is 9.97 Å². The second-order valence-electron chi connectivity index (χ2n) is 4.96. The van der Waals surface area contributed by atoms with Crippen LogP contribution < -0.4 is 9.47 Å².